The van der Waals surface area contributed by atoms with E-state index < -0.39 is 0 Å². The highest BCUT2D eigenvalue weighted by Crippen LogP contribution is 2.26. The van der Waals surface area contributed by atoms with E-state index in [9.17, 15) is 0 Å². The molecular weight excluding hydrogens is 308 g/mol. The van der Waals surface area contributed by atoms with Crippen LogP contribution in [0.25, 0.3) is 0 Å². The van der Waals surface area contributed by atoms with Crippen molar-refractivity contribution in [2.45, 2.75) is 72.0 Å². The molecule has 1 saturated heterocycles. The van der Waals surface area contributed by atoms with Crippen LogP contribution in [0.15, 0.2) is 4.47 Å². The fourth-order valence-electron chi connectivity index (χ4n) is 2.68. The number of hydrogen-bond donors (Lipinski definition) is 0. The predicted octanol–water partition coefficient (Wildman–Crippen LogP) is 3.45. The highest BCUT2D eigenvalue weighted by atomic mass is 79.9. The molecule has 2 rings (SSSR count). The Kier molecular flexibility index (Phi) is 5.03. The minimum Gasteiger partial charge on any atom is -0.375 e. The zero-order valence-electron chi connectivity index (χ0n) is 12.1. The molecule has 1 aromatic rings. The van der Waals surface area contributed by atoms with Gasteiger partial charge in [-0.1, -0.05) is 0 Å². The van der Waals surface area contributed by atoms with Gasteiger partial charge in [0, 0.05) is 6.54 Å². The quantitative estimate of drug-likeness (QED) is 0.848. The molecule has 19 heavy (non-hydrogen) atoms. The molecule has 2 atom stereocenters. The fraction of sp³-hybridized carbons (Fsp3) is 0.786. The molecule has 0 spiro atoms. The molecule has 0 aromatic carbocycles. The SMILES string of the molecule is CCn1nc(C)c(Br)c1COC1CC(C)OC(C)C1. The van der Waals surface area contributed by atoms with Gasteiger partial charge < -0.3 is 9.47 Å². The highest BCUT2D eigenvalue weighted by molar-refractivity contribution is 9.10. The summed E-state index contributed by atoms with van der Waals surface area (Å²) in [4.78, 5) is 0. The van der Waals surface area contributed by atoms with Crippen LogP contribution < -0.4 is 0 Å². The Bertz CT molecular complexity index is 423. The molecule has 0 amide bonds. The van der Waals surface area contributed by atoms with Crippen LogP contribution in [0.2, 0.25) is 0 Å². The predicted molar refractivity (Wildman–Crippen MR) is 78.2 cm³/mol. The Hall–Kier alpha value is -0.390. The van der Waals surface area contributed by atoms with Crippen LogP contribution in [0.4, 0.5) is 0 Å². The molecule has 108 valence electrons. The molecule has 0 bridgehead atoms. The first kappa shape index (κ1) is 15.0. The molecule has 5 heteroatoms. The summed E-state index contributed by atoms with van der Waals surface area (Å²) in [5.41, 5.74) is 2.15. The third-order valence-electron chi connectivity index (χ3n) is 3.56. The summed E-state index contributed by atoms with van der Waals surface area (Å²) in [7, 11) is 0. The molecule has 0 radical (unpaired) electrons. The summed E-state index contributed by atoms with van der Waals surface area (Å²) in [6.07, 6.45) is 2.80. The van der Waals surface area contributed by atoms with E-state index in [0.29, 0.717) is 6.61 Å². The van der Waals surface area contributed by atoms with Crippen molar-refractivity contribution in [1.29, 1.82) is 0 Å². The number of aromatic nitrogens is 2. The van der Waals surface area contributed by atoms with Gasteiger partial charge in [-0.25, -0.2) is 0 Å². The average molecular weight is 331 g/mol. The normalized spacial score (nSPS) is 27.7. The maximum Gasteiger partial charge on any atom is 0.0900 e. The molecule has 4 nitrogen and oxygen atoms in total. The Morgan fingerprint density at radius 3 is 2.58 bits per heavy atom. The summed E-state index contributed by atoms with van der Waals surface area (Å²) in [5, 5.41) is 4.49. The van der Waals surface area contributed by atoms with Crippen molar-refractivity contribution in [1.82, 2.24) is 9.78 Å². The third kappa shape index (κ3) is 3.58. The van der Waals surface area contributed by atoms with Crippen molar-refractivity contribution in [3.8, 4) is 0 Å². The summed E-state index contributed by atoms with van der Waals surface area (Å²) < 4.78 is 14.9. The van der Waals surface area contributed by atoms with Crippen molar-refractivity contribution < 1.29 is 9.47 Å². The van der Waals surface area contributed by atoms with E-state index in [2.05, 4.69) is 41.8 Å². The van der Waals surface area contributed by atoms with Gasteiger partial charge in [-0.2, -0.15) is 5.10 Å². The summed E-state index contributed by atoms with van der Waals surface area (Å²) >= 11 is 3.60. The molecule has 0 saturated carbocycles. The van der Waals surface area contributed by atoms with Crippen LogP contribution in [0.3, 0.4) is 0 Å². The molecule has 0 N–H and O–H groups in total. The minimum absolute atomic E-state index is 0.283. The molecule has 2 unspecified atom stereocenters. The van der Waals surface area contributed by atoms with Crippen LogP contribution in [-0.2, 0) is 22.6 Å². The summed E-state index contributed by atoms with van der Waals surface area (Å²) in [5.74, 6) is 0. The Balaban J connectivity index is 1.98. The standard InChI is InChI=1S/C14H23BrN2O2/c1-5-17-13(14(15)11(4)16-17)8-18-12-6-9(2)19-10(3)7-12/h9-10,12H,5-8H2,1-4H3. The van der Waals surface area contributed by atoms with Crippen molar-refractivity contribution in [3.05, 3.63) is 15.9 Å². The number of halogens is 1. The van der Waals surface area contributed by atoms with E-state index in [4.69, 9.17) is 9.47 Å². The molecule has 1 fully saturated rings. The fourth-order valence-corrected chi connectivity index (χ4v) is 3.08. The van der Waals surface area contributed by atoms with E-state index in [0.717, 1.165) is 35.2 Å². The molecule has 1 aromatic heterocycles. The molecule has 1 aliphatic heterocycles. The number of aryl methyl sites for hydroxylation is 2. The van der Waals surface area contributed by atoms with Gasteiger partial charge in [0.1, 0.15) is 0 Å². The van der Waals surface area contributed by atoms with E-state index >= 15 is 0 Å². The monoisotopic (exact) mass is 330 g/mol. The smallest absolute Gasteiger partial charge is 0.0900 e. The topological polar surface area (TPSA) is 36.3 Å². The Morgan fingerprint density at radius 2 is 2.00 bits per heavy atom. The molecule has 2 heterocycles. The van der Waals surface area contributed by atoms with Crippen LogP contribution in [0.1, 0.15) is 45.0 Å². The lowest BCUT2D eigenvalue weighted by atomic mass is 10.0. The number of hydrogen-bond acceptors (Lipinski definition) is 3. The third-order valence-corrected chi connectivity index (χ3v) is 4.59. The lowest BCUT2D eigenvalue weighted by Crippen LogP contribution is -2.34. The zero-order chi connectivity index (χ0) is 14.0. The minimum atomic E-state index is 0.283. The van der Waals surface area contributed by atoms with Gasteiger partial charge in [0.15, 0.2) is 0 Å². The molecule has 1 aliphatic rings. The van der Waals surface area contributed by atoms with Crippen molar-refractivity contribution in [3.63, 3.8) is 0 Å². The Morgan fingerprint density at radius 1 is 1.37 bits per heavy atom. The maximum absolute atomic E-state index is 6.08. The second-order valence-electron chi connectivity index (χ2n) is 5.32. The first-order valence-corrected chi connectivity index (χ1v) is 7.79. The summed E-state index contributed by atoms with van der Waals surface area (Å²) in [6, 6.07) is 0. The van der Waals surface area contributed by atoms with E-state index in [1.165, 1.54) is 0 Å². The lowest BCUT2D eigenvalue weighted by molar-refractivity contribution is -0.107. The van der Waals surface area contributed by atoms with Crippen LogP contribution in [-0.4, -0.2) is 28.1 Å². The van der Waals surface area contributed by atoms with Gasteiger partial charge in [0.2, 0.25) is 0 Å². The first-order valence-electron chi connectivity index (χ1n) is 7.00. The highest BCUT2D eigenvalue weighted by Gasteiger charge is 2.25. The van der Waals surface area contributed by atoms with E-state index in [1.54, 1.807) is 0 Å². The summed E-state index contributed by atoms with van der Waals surface area (Å²) in [6.45, 7) is 9.81. The second kappa shape index (κ2) is 6.37. The second-order valence-corrected chi connectivity index (χ2v) is 6.12. The molecule has 0 aliphatic carbocycles. The average Bonchev–Trinajstić information content (AvgIpc) is 2.62. The Labute approximate surface area is 123 Å². The van der Waals surface area contributed by atoms with Gasteiger partial charge in [-0.3, -0.25) is 4.68 Å². The van der Waals surface area contributed by atoms with Crippen molar-refractivity contribution in [2.24, 2.45) is 0 Å². The van der Waals surface area contributed by atoms with Gasteiger partial charge in [0.25, 0.3) is 0 Å². The first-order chi connectivity index (χ1) is 9.01. The largest absolute Gasteiger partial charge is 0.375 e. The van der Waals surface area contributed by atoms with Crippen LogP contribution in [0, 0.1) is 6.92 Å². The van der Waals surface area contributed by atoms with E-state index in [-0.39, 0.29) is 18.3 Å². The zero-order valence-corrected chi connectivity index (χ0v) is 13.7. The maximum atomic E-state index is 6.08. The van der Waals surface area contributed by atoms with Gasteiger partial charge >= 0.3 is 0 Å². The van der Waals surface area contributed by atoms with Crippen LogP contribution >= 0.6 is 15.9 Å². The van der Waals surface area contributed by atoms with Gasteiger partial charge in [-0.15, -0.1) is 0 Å². The van der Waals surface area contributed by atoms with Gasteiger partial charge in [0.05, 0.1) is 40.8 Å². The van der Waals surface area contributed by atoms with Crippen molar-refractivity contribution in [2.75, 3.05) is 0 Å². The lowest BCUT2D eigenvalue weighted by Gasteiger charge is -2.32. The van der Waals surface area contributed by atoms with Gasteiger partial charge in [-0.05, 0) is 56.5 Å². The van der Waals surface area contributed by atoms with Crippen LogP contribution in [0.5, 0.6) is 0 Å². The van der Waals surface area contributed by atoms with E-state index in [1.807, 2.05) is 11.6 Å². The molecular formula is C14H23BrN2O2. The van der Waals surface area contributed by atoms with Crippen molar-refractivity contribution >= 4 is 15.9 Å². The number of nitrogens with zero attached hydrogens (tertiary/aromatic N) is 2. The number of rotatable bonds is 4. The number of ether oxygens (including phenoxy) is 2.